The summed E-state index contributed by atoms with van der Waals surface area (Å²) in [5.74, 6) is -0.602. The SMILES string of the molecule is Cc1nn(C)cc1CNc1cc(C(=O)O)c(N)cn1. The first-order valence-corrected chi connectivity index (χ1v) is 5.69. The first-order valence-electron chi connectivity index (χ1n) is 5.69. The van der Waals surface area contributed by atoms with Gasteiger partial charge in [0.05, 0.1) is 23.1 Å². The minimum atomic E-state index is -1.07. The molecule has 19 heavy (non-hydrogen) atoms. The van der Waals surface area contributed by atoms with Crippen LogP contribution in [-0.2, 0) is 13.6 Å². The summed E-state index contributed by atoms with van der Waals surface area (Å²) in [5, 5.41) is 16.3. The molecule has 0 fully saturated rings. The standard InChI is InChI=1S/C12H15N5O2/c1-7-8(6-17(2)16-7)4-14-11-3-9(12(18)19)10(13)5-15-11/h3,5-6H,4,13H2,1-2H3,(H,14,15)(H,18,19). The number of carbonyl (C=O) groups is 1. The lowest BCUT2D eigenvalue weighted by Crippen LogP contribution is -2.07. The molecule has 0 aliphatic carbocycles. The van der Waals surface area contributed by atoms with E-state index in [0.29, 0.717) is 12.4 Å². The average molecular weight is 261 g/mol. The number of nitrogens with two attached hydrogens (primary N) is 1. The molecule has 0 aliphatic rings. The second-order valence-corrected chi connectivity index (χ2v) is 4.23. The van der Waals surface area contributed by atoms with Crippen LogP contribution in [0.3, 0.4) is 0 Å². The molecule has 0 bridgehead atoms. The van der Waals surface area contributed by atoms with Crippen molar-refractivity contribution in [3.8, 4) is 0 Å². The molecule has 0 unspecified atom stereocenters. The van der Waals surface area contributed by atoms with Gasteiger partial charge in [0.1, 0.15) is 5.82 Å². The quantitative estimate of drug-likeness (QED) is 0.758. The fourth-order valence-electron chi connectivity index (χ4n) is 1.76. The summed E-state index contributed by atoms with van der Waals surface area (Å²) in [5.41, 5.74) is 7.68. The second kappa shape index (κ2) is 4.97. The van der Waals surface area contributed by atoms with Crippen molar-refractivity contribution >= 4 is 17.5 Å². The van der Waals surface area contributed by atoms with Crippen molar-refractivity contribution in [3.63, 3.8) is 0 Å². The number of carboxylic acids is 1. The van der Waals surface area contributed by atoms with Crippen molar-refractivity contribution in [2.24, 2.45) is 7.05 Å². The number of carboxylic acid groups (broad SMARTS) is 1. The van der Waals surface area contributed by atoms with E-state index in [4.69, 9.17) is 10.8 Å². The van der Waals surface area contributed by atoms with Crippen LogP contribution in [0.15, 0.2) is 18.5 Å². The van der Waals surface area contributed by atoms with Crippen LogP contribution in [0.4, 0.5) is 11.5 Å². The van der Waals surface area contributed by atoms with Crippen LogP contribution in [0.1, 0.15) is 21.6 Å². The molecule has 0 amide bonds. The minimum absolute atomic E-state index is 0.0420. The third kappa shape index (κ3) is 2.82. The molecule has 100 valence electrons. The van der Waals surface area contributed by atoms with Gasteiger partial charge in [0.2, 0.25) is 0 Å². The lowest BCUT2D eigenvalue weighted by atomic mass is 10.2. The average Bonchev–Trinajstić information content (AvgIpc) is 2.66. The molecule has 4 N–H and O–H groups in total. The molecule has 0 atom stereocenters. The number of nitrogen functional groups attached to an aromatic ring is 1. The number of aryl methyl sites for hydroxylation is 2. The Balaban J connectivity index is 2.14. The molecule has 0 aliphatic heterocycles. The van der Waals surface area contributed by atoms with Crippen molar-refractivity contribution < 1.29 is 9.90 Å². The van der Waals surface area contributed by atoms with Crippen molar-refractivity contribution in [2.45, 2.75) is 13.5 Å². The molecule has 7 nitrogen and oxygen atoms in total. The molecule has 0 saturated carbocycles. The van der Waals surface area contributed by atoms with Crippen LogP contribution in [0.25, 0.3) is 0 Å². The Kier molecular flexibility index (Phi) is 3.37. The number of aromatic nitrogens is 3. The van der Waals surface area contributed by atoms with E-state index in [0.717, 1.165) is 11.3 Å². The molecular formula is C12H15N5O2. The topological polar surface area (TPSA) is 106 Å². The van der Waals surface area contributed by atoms with Crippen molar-refractivity contribution in [1.82, 2.24) is 14.8 Å². The summed E-state index contributed by atoms with van der Waals surface area (Å²) >= 11 is 0. The normalized spacial score (nSPS) is 10.4. The number of nitrogens with zero attached hydrogens (tertiary/aromatic N) is 3. The lowest BCUT2D eigenvalue weighted by Gasteiger charge is -2.07. The van der Waals surface area contributed by atoms with Crippen LogP contribution >= 0.6 is 0 Å². The van der Waals surface area contributed by atoms with Crippen LogP contribution < -0.4 is 11.1 Å². The highest BCUT2D eigenvalue weighted by molar-refractivity contribution is 5.94. The van der Waals surface area contributed by atoms with Gasteiger partial charge in [-0.15, -0.1) is 0 Å². The van der Waals surface area contributed by atoms with Crippen molar-refractivity contribution in [3.05, 3.63) is 35.3 Å². The largest absolute Gasteiger partial charge is 0.478 e. The molecular weight excluding hydrogens is 246 g/mol. The summed E-state index contributed by atoms with van der Waals surface area (Å²) in [6.45, 7) is 2.44. The number of nitrogens with one attached hydrogen (secondary N) is 1. The third-order valence-corrected chi connectivity index (χ3v) is 2.74. The zero-order valence-electron chi connectivity index (χ0n) is 10.7. The molecule has 0 radical (unpaired) electrons. The number of pyridine rings is 1. The van der Waals surface area contributed by atoms with Crippen LogP contribution in [0, 0.1) is 6.92 Å². The Hall–Kier alpha value is -2.57. The maximum Gasteiger partial charge on any atom is 0.337 e. The van der Waals surface area contributed by atoms with Crippen LogP contribution in [0.5, 0.6) is 0 Å². The lowest BCUT2D eigenvalue weighted by molar-refractivity contribution is 0.0698. The fourth-order valence-corrected chi connectivity index (χ4v) is 1.76. The minimum Gasteiger partial charge on any atom is -0.478 e. The molecule has 0 spiro atoms. The monoisotopic (exact) mass is 261 g/mol. The van der Waals surface area contributed by atoms with Crippen LogP contribution in [-0.4, -0.2) is 25.8 Å². The van der Waals surface area contributed by atoms with E-state index in [2.05, 4.69) is 15.4 Å². The fraction of sp³-hybridized carbons (Fsp3) is 0.250. The molecule has 2 aromatic rings. The van der Waals surface area contributed by atoms with E-state index in [9.17, 15) is 4.79 Å². The summed E-state index contributed by atoms with van der Waals surface area (Å²) < 4.78 is 1.73. The predicted octanol–water partition coefficient (Wildman–Crippen LogP) is 1.02. The van der Waals surface area contributed by atoms with Gasteiger partial charge in [0.15, 0.2) is 0 Å². The summed E-state index contributed by atoms with van der Waals surface area (Å²) in [6, 6.07) is 1.42. The van der Waals surface area contributed by atoms with Gasteiger partial charge in [-0.1, -0.05) is 0 Å². The molecule has 2 rings (SSSR count). The Labute approximate surface area is 110 Å². The van der Waals surface area contributed by atoms with Crippen molar-refractivity contribution in [2.75, 3.05) is 11.1 Å². The van der Waals surface area contributed by atoms with Crippen molar-refractivity contribution in [1.29, 1.82) is 0 Å². The molecule has 7 heteroatoms. The van der Waals surface area contributed by atoms with Gasteiger partial charge in [-0.05, 0) is 13.0 Å². The summed E-state index contributed by atoms with van der Waals surface area (Å²) in [4.78, 5) is 15.0. The third-order valence-electron chi connectivity index (χ3n) is 2.74. The first kappa shape index (κ1) is 12.9. The Bertz CT molecular complexity index is 621. The van der Waals surface area contributed by atoms with E-state index in [1.54, 1.807) is 4.68 Å². The van der Waals surface area contributed by atoms with Gasteiger partial charge in [-0.25, -0.2) is 9.78 Å². The van der Waals surface area contributed by atoms with E-state index in [1.807, 2.05) is 20.2 Å². The number of anilines is 2. The number of hydrogen-bond acceptors (Lipinski definition) is 5. The molecule has 2 heterocycles. The smallest absolute Gasteiger partial charge is 0.337 e. The maximum atomic E-state index is 11.0. The highest BCUT2D eigenvalue weighted by Crippen LogP contribution is 2.16. The van der Waals surface area contributed by atoms with E-state index < -0.39 is 5.97 Å². The maximum absolute atomic E-state index is 11.0. The predicted molar refractivity (Wildman–Crippen MR) is 70.9 cm³/mol. The zero-order valence-corrected chi connectivity index (χ0v) is 10.7. The van der Waals surface area contributed by atoms with Gasteiger partial charge in [-0.3, -0.25) is 4.68 Å². The number of hydrogen-bond donors (Lipinski definition) is 3. The van der Waals surface area contributed by atoms with Crippen LogP contribution in [0.2, 0.25) is 0 Å². The first-order chi connectivity index (χ1) is 8.97. The highest BCUT2D eigenvalue weighted by atomic mass is 16.4. The summed E-state index contributed by atoms with van der Waals surface area (Å²) in [7, 11) is 1.85. The zero-order chi connectivity index (χ0) is 14.0. The van der Waals surface area contributed by atoms with Gasteiger partial charge in [-0.2, -0.15) is 5.10 Å². The van der Waals surface area contributed by atoms with Gasteiger partial charge < -0.3 is 16.2 Å². The Morgan fingerprint density at radius 1 is 1.58 bits per heavy atom. The molecule has 2 aromatic heterocycles. The number of aromatic carboxylic acids is 1. The summed E-state index contributed by atoms with van der Waals surface area (Å²) in [6.07, 6.45) is 3.24. The van der Waals surface area contributed by atoms with E-state index in [1.165, 1.54) is 12.3 Å². The Morgan fingerprint density at radius 3 is 2.89 bits per heavy atom. The molecule has 0 aromatic carbocycles. The Morgan fingerprint density at radius 2 is 2.32 bits per heavy atom. The second-order valence-electron chi connectivity index (χ2n) is 4.23. The molecule has 0 saturated heterocycles. The van der Waals surface area contributed by atoms with Gasteiger partial charge in [0, 0.05) is 25.4 Å². The van der Waals surface area contributed by atoms with Gasteiger partial charge >= 0.3 is 5.97 Å². The highest BCUT2D eigenvalue weighted by Gasteiger charge is 2.10. The number of rotatable bonds is 4. The van der Waals surface area contributed by atoms with Gasteiger partial charge in [0.25, 0.3) is 0 Å². The van der Waals surface area contributed by atoms with E-state index >= 15 is 0 Å². The van der Waals surface area contributed by atoms with E-state index in [-0.39, 0.29) is 11.3 Å².